The lowest BCUT2D eigenvalue weighted by molar-refractivity contribution is -0.134. The number of hydrogen-bond acceptors (Lipinski definition) is 13. The average molecular weight is 781 g/mol. The summed E-state index contributed by atoms with van der Waals surface area (Å²) in [6, 6.07) is 16.5. The summed E-state index contributed by atoms with van der Waals surface area (Å²) in [4.78, 5) is 68.8. The lowest BCUT2D eigenvalue weighted by Gasteiger charge is -2.38. The number of benzene rings is 2. The molecule has 1 unspecified atom stereocenters. The first kappa shape index (κ1) is 38.5. The van der Waals surface area contributed by atoms with Crippen LogP contribution in [0.3, 0.4) is 0 Å². The molecule has 3 amide bonds. The molecule has 4 aromatic rings. The Morgan fingerprint density at radius 3 is 2.41 bits per heavy atom. The van der Waals surface area contributed by atoms with Gasteiger partial charge in [-0.15, -0.1) is 0 Å². The highest BCUT2D eigenvalue weighted by Crippen LogP contribution is 2.34. The highest BCUT2D eigenvalue weighted by atomic mass is 35.5. The summed E-state index contributed by atoms with van der Waals surface area (Å²) in [6.45, 7) is 6.23. The Balaban J connectivity index is 0.876. The van der Waals surface area contributed by atoms with Crippen molar-refractivity contribution in [3.63, 3.8) is 0 Å². The van der Waals surface area contributed by atoms with Gasteiger partial charge in [0, 0.05) is 56.1 Å². The molecule has 56 heavy (non-hydrogen) atoms. The molecule has 0 saturated carbocycles. The fraction of sp³-hybridized carbons (Fsp3) is 0.375. The normalized spacial score (nSPS) is 17.9. The van der Waals surface area contributed by atoms with Crippen molar-refractivity contribution in [3.8, 4) is 5.75 Å². The van der Waals surface area contributed by atoms with Gasteiger partial charge < -0.3 is 30.5 Å². The van der Waals surface area contributed by atoms with Crippen LogP contribution in [-0.4, -0.2) is 107 Å². The maximum absolute atomic E-state index is 13.3. The molecule has 2 aromatic carbocycles. The third-order valence-corrected chi connectivity index (χ3v) is 10.8. The molecule has 0 aliphatic carbocycles. The van der Waals surface area contributed by atoms with Crippen LogP contribution in [-0.2, 0) is 14.4 Å². The predicted molar refractivity (Wildman–Crippen MR) is 214 cm³/mol. The summed E-state index contributed by atoms with van der Waals surface area (Å²) < 4.78 is 5.74. The zero-order chi connectivity index (χ0) is 39.2. The van der Waals surface area contributed by atoms with E-state index in [1.54, 1.807) is 25.3 Å². The first-order valence-electron chi connectivity index (χ1n) is 18.8. The number of hydrogen-bond donors (Lipinski definition) is 4. The number of nitrogens with zero attached hydrogens (tertiary/aromatic N) is 6. The number of aromatic nitrogens is 3. The van der Waals surface area contributed by atoms with Crippen LogP contribution in [0.5, 0.6) is 5.75 Å². The van der Waals surface area contributed by atoms with Gasteiger partial charge in [0.05, 0.1) is 31.2 Å². The molecular weight excluding hydrogens is 736 g/mol. The number of rotatable bonds is 12. The van der Waals surface area contributed by atoms with Gasteiger partial charge in [-0.1, -0.05) is 29.8 Å². The van der Waals surface area contributed by atoms with Crippen molar-refractivity contribution in [2.45, 2.75) is 44.6 Å². The van der Waals surface area contributed by atoms with Crippen LogP contribution in [0.1, 0.15) is 54.4 Å². The van der Waals surface area contributed by atoms with Crippen LogP contribution in [0.2, 0.25) is 5.02 Å². The van der Waals surface area contributed by atoms with Crippen LogP contribution < -0.4 is 30.9 Å². The third-order valence-electron chi connectivity index (χ3n) is 10.5. The number of piperidine rings is 2. The first-order chi connectivity index (χ1) is 27.1. The number of anilines is 6. The van der Waals surface area contributed by atoms with E-state index in [0.717, 1.165) is 37.2 Å². The molecule has 0 bridgehead atoms. The quantitative estimate of drug-likeness (QED) is 0.112. The van der Waals surface area contributed by atoms with Crippen molar-refractivity contribution in [2.75, 3.05) is 73.8 Å². The fourth-order valence-electron chi connectivity index (χ4n) is 7.31. The molecule has 5 heterocycles. The number of halogens is 1. The Morgan fingerprint density at radius 2 is 1.70 bits per heavy atom. The molecule has 2 aromatic heterocycles. The maximum Gasteiger partial charge on any atom is 0.249 e. The number of ether oxygens (including phenoxy) is 1. The van der Waals surface area contributed by atoms with E-state index in [1.807, 2.05) is 47.5 Å². The Morgan fingerprint density at radius 1 is 0.911 bits per heavy atom. The Labute approximate surface area is 330 Å². The smallest absolute Gasteiger partial charge is 0.249 e. The largest absolute Gasteiger partial charge is 0.494 e. The van der Waals surface area contributed by atoms with E-state index in [2.05, 4.69) is 46.0 Å². The zero-order valence-electron chi connectivity index (χ0n) is 31.4. The first-order valence-corrected chi connectivity index (χ1v) is 19.2. The minimum absolute atomic E-state index is 0.0789. The SMILES string of the molecule is COc1cc(N2CCN(C(=O)CN3CCC(c4ccc(NC5CCC(=O)NC5=O)nc4)CC3)CC2)ccc1Nc1ncc(Cl)c(Nc2ccccc2C(C)=O)n1. The van der Waals surface area contributed by atoms with E-state index in [-0.39, 0.29) is 23.5 Å². The lowest BCUT2D eigenvalue weighted by atomic mass is 9.90. The maximum atomic E-state index is 13.3. The number of methoxy groups -OCH3 is 1. The number of carbonyl (C=O) groups is 4. The molecule has 4 N–H and O–H groups in total. The molecule has 7 rings (SSSR count). The Bertz CT molecular complexity index is 2080. The highest BCUT2D eigenvalue weighted by Gasteiger charge is 2.28. The summed E-state index contributed by atoms with van der Waals surface area (Å²) >= 11 is 6.41. The van der Waals surface area contributed by atoms with Crippen molar-refractivity contribution in [1.82, 2.24) is 30.1 Å². The van der Waals surface area contributed by atoms with Gasteiger partial charge in [-0.3, -0.25) is 29.4 Å². The molecule has 1 atom stereocenters. The van der Waals surface area contributed by atoms with Crippen LogP contribution in [0.15, 0.2) is 67.0 Å². The molecule has 0 radical (unpaired) electrons. The summed E-state index contributed by atoms with van der Waals surface area (Å²) in [6.07, 6.45) is 5.99. The monoisotopic (exact) mass is 780 g/mol. The van der Waals surface area contributed by atoms with Crippen molar-refractivity contribution >= 4 is 69.8 Å². The molecular formula is C40H45ClN10O5. The Kier molecular flexibility index (Phi) is 11.9. The van der Waals surface area contributed by atoms with Crippen molar-refractivity contribution in [1.29, 1.82) is 0 Å². The van der Waals surface area contributed by atoms with Crippen molar-refractivity contribution < 1.29 is 23.9 Å². The molecule has 0 spiro atoms. The number of likely N-dealkylation sites (tertiary alicyclic amines) is 1. The highest BCUT2D eigenvalue weighted by molar-refractivity contribution is 6.33. The second-order valence-electron chi connectivity index (χ2n) is 14.2. The zero-order valence-corrected chi connectivity index (χ0v) is 32.1. The molecule has 3 aliphatic heterocycles. The Hall–Kier alpha value is -5.80. The molecule has 3 fully saturated rings. The van der Waals surface area contributed by atoms with Gasteiger partial charge in [0.1, 0.15) is 22.6 Å². The number of imide groups is 1. The number of para-hydroxylation sites is 1. The molecule has 15 nitrogen and oxygen atoms in total. The number of pyridine rings is 1. The van der Waals surface area contributed by atoms with Crippen molar-refractivity contribution in [2.24, 2.45) is 0 Å². The summed E-state index contributed by atoms with van der Waals surface area (Å²) in [5.41, 5.74) is 3.92. The lowest BCUT2D eigenvalue weighted by Crippen LogP contribution is -2.51. The van der Waals surface area contributed by atoms with Gasteiger partial charge in [0.25, 0.3) is 0 Å². The summed E-state index contributed by atoms with van der Waals surface area (Å²) in [5.74, 6) is 1.74. The number of carbonyl (C=O) groups excluding carboxylic acids is 4. The fourth-order valence-corrected chi connectivity index (χ4v) is 7.45. The second kappa shape index (κ2) is 17.3. The number of ketones is 1. The van der Waals surface area contributed by atoms with Crippen LogP contribution in [0.4, 0.5) is 34.6 Å². The van der Waals surface area contributed by atoms with E-state index in [4.69, 9.17) is 16.3 Å². The topological polar surface area (TPSA) is 174 Å². The summed E-state index contributed by atoms with van der Waals surface area (Å²) in [5, 5.41) is 12.2. The molecule has 3 aliphatic rings. The number of nitrogens with one attached hydrogen (secondary N) is 4. The van der Waals surface area contributed by atoms with E-state index in [0.29, 0.717) is 96.8 Å². The van der Waals surface area contributed by atoms with E-state index < -0.39 is 6.04 Å². The van der Waals surface area contributed by atoms with Gasteiger partial charge >= 0.3 is 0 Å². The van der Waals surface area contributed by atoms with Crippen molar-refractivity contribution in [3.05, 3.63) is 83.1 Å². The molecule has 16 heteroatoms. The minimum atomic E-state index is -0.463. The van der Waals surface area contributed by atoms with E-state index in [1.165, 1.54) is 13.1 Å². The van der Waals surface area contributed by atoms with E-state index in [9.17, 15) is 19.2 Å². The standard InChI is InChI=1S/C40H45ClN10O5/c1-25(52)29-5-3-4-6-31(29)45-38-30(41)23-43-40(48-38)46-32-9-8-28(21-34(32)56-2)50-17-19-51(20-18-50)37(54)24-49-15-13-26(14-16-49)27-7-11-35(42-22-27)44-33-10-12-36(53)47-39(33)55/h3-9,11,21-23,26,33H,10,12-20,24H2,1-2H3,(H,42,44)(H,47,53,55)(H2,43,45,46,48). The van der Waals surface area contributed by atoms with Gasteiger partial charge in [0.2, 0.25) is 23.7 Å². The van der Waals surface area contributed by atoms with Gasteiger partial charge in [-0.25, -0.2) is 9.97 Å². The minimum Gasteiger partial charge on any atom is -0.494 e. The van der Waals surface area contributed by atoms with Crippen LogP contribution >= 0.6 is 11.6 Å². The van der Waals surface area contributed by atoms with Crippen LogP contribution in [0.25, 0.3) is 0 Å². The van der Waals surface area contributed by atoms with Gasteiger partial charge in [-0.05, 0) is 81.1 Å². The summed E-state index contributed by atoms with van der Waals surface area (Å²) in [7, 11) is 1.61. The third kappa shape index (κ3) is 9.17. The molecule has 3 saturated heterocycles. The van der Waals surface area contributed by atoms with Gasteiger partial charge in [-0.2, -0.15) is 4.98 Å². The number of piperazine rings is 1. The second-order valence-corrected chi connectivity index (χ2v) is 14.6. The number of Topliss-reactive ketones (excluding diaryl/α,β-unsaturated/α-hetero) is 1. The van der Waals surface area contributed by atoms with Crippen LogP contribution in [0, 0.1) is 0 Å². The average Bonchev–Trinajstić information content (AvgIpc) is 3.21. The predicted octanol–water partition coefficient (Wildman–Crippen LogP) is 4.97. The van der Waals surface area contributed by atoms with Gasteiger partial charge in [0.15, 0.2) is 11.6 Å². The number of amides is 3. The molecule has 292 valence electrons. The van der Waals surface area contributed by atoms with E-state index >= 15 is 0 Å².